The Balaban J connectivity index is 1.65. The smallest absolute Gasteiger partial charge is 0.235 e. The van der Waals surface area contributed by atoms with Crippen LogP contribution in [0.2, 0.25) is 0 Å². The van der Waals surface area contributed by atoms with Crippen molar-refractivity contribution in [1.29, 1.82) is 0 Å². The molecule has 6 heteroatoms. The van der Waals surface area contributed by atoms with Crippen LogP contribution in [0.4, 0.5) is 0 Å². The summed E-state index contributed by atoms with van der Waals surface area (Å²) in [7, 11) is 0. The number of hydrogen-bond acceptors (Lipinski definition) is 4. The Morgan fingerprint density at radius 2 is 1.67 bits per heavy atom. The Morgan fingerprint density at radius 3 is 2.37 bits per heavy atom. The number of hydrogen-bond donors (Lipinski definition) is 2. The van der Waals surface area contributed by atoms with Gasteiger partial charge in [0, 0.05) is 17.3 Å². The fourth-order valence-electron chi connectivity index (χ4n) is 3.49. The molecule has 0 saturated heterocycles. The number of nitrogens with zero attached hydrogens (tertiary/aromatic N) is 1. The molecule has 1 heterocycles. The van der Waals surface area contributed by atoms with Crippen LogP contribution in [0.15, 0.2) is 85.1 Å². The Morgan fingerprint density at radius 1 is 1.00 bits per heavy atom. The van der Waals surface area contributed by atoms with Crippen molar-refractivity contribution in [3.8, 4) is 17.2 Å². The molecule has 0 aliphatic rings. The number of primary amides is 1. The molecule has 0 spiro atoms. The number of carbonyl (C=O) groups is 1. The van der Waals surface area contributed by atoms with Gasteiger partial charge in [0.1, 0.15) is 11.5 Å². The molecule has 3 N–H and O–H groups in total. The van der Waals surface area contributed by atoms with Crippen LogP contribution >= 0.6 is 11.9 Å². The van der Waals surface area contributed by atoms with Gasteiger partial charge < -0.3 is 15.0 Å². The highest BCUT2D eigenvalue weighted by Gasteiger charge is 2.18. The third-order valence-electron chi connectivity index (χ3n) is 4.92. The first-order chi connectivity index (χ1) is 14.7. The van der Waals surface area contributed by atoms with Crippen LogP contribution in [0.1, 0.15) is 5.56 Å². The quantitative estimate of drug-likeness (QED) is 0.408. The lowest BCUT2D eigenvalue weighted by Crippen LogP contribution is -2.39. The van der Waals surface area contributed by atoms with Crippen molar-refractivity contribution >= 4 is 28.8 Å². The molecule has 30 heavy (non-hydrogen) atoms. The third-order valence-corrected chi connectivity index (χ3v) is 5.44. The van der Waals surface area contributed by atoms with Gasteiger partial charge in [-0.2, -0.15) is 0 Å². The Labute approximate surface area is 180 Å². The molecule has 0 bridgehead atoms. The SMILES string of the molecule is CSNC(Cc1cn(-c2ccc(Oc3ccccc3)cc2)c2ccccc12)C(N)=O. The minimum atomic E-state index is -0.430. The van der Waals surface area contributed by atoms with Crippen molar-refractivity contribution in [1.82, 2.24) is 9.29 Å². The fourth-order valence-corrected chi connectivity index (χ4v) is 3.97. The van der Waals surface area contributed by atoms with E-state index in [0.717, 1.165) is 33.7 Å². The molecule has 1 unspecified atom stereocenters. The number of para-hydroxylation sites is 2. The van der Waals surface area contributed by atoms with Crippen molar-refractivity contribution < 1.29 is 9.53 Å². The lowest BCUT2D eigenvalue weighted by atomic mass is 10.1. The van der Waals surface area contributed by atoms with Gasteiger partial charge in [-0.05, 0) is 60.7 Å². The number of ether oxygens (including phenoxy) is 1. The zero-order valence-corrected chi connectivity index (χ0v) is 17.4. The summed E-state index contributed by atoms with van der Waals surface area (Å²) >= 11 is 1.40. The normalized spacial score (nSPS) is 12.0. The molecule has 4 rings (SSSR count). The molecule has 0 saturated carbocycles. The summed E-state index contributed by atoms with van der Waals surface area (Å²) in [5.41, 5.74) is 8.75. The maximum absolute atomic E-state index is 11.8. The van der Waals surface area contributed by atoms with E-state index in [1.54, 1.807) is 0 Å². The minimum absolute atomic E-state index is 0.358. The van der Waals surface area contributed by atoms with Gasteiger partial charge in [-0.25, -0.2) is 0 Å². The van der Waals surface area contributed by atoms with Crippen molar-refractivity contribution in [2.45, 2.75) is 12.5 Å². The molecule has 1 amide bonds. The van der Waals surface area contributed by atoms with Crippen LogP contribution in [-0.4, -0.2) is 22.8 Å². The molecule has 1 atom stereocenters. The van der Waals surface area contributed by atoms with E-state index in [2.05, 4.69) is 27.6 Å². The van der Waals surface area contributed by atoms with Crippen LogP contribution in [-0.2, 0) is 11.2 Å². The number of rotatable bonds is 8. The second-order valence-electron chi connectivity index (χ2n) is 6.93. The van der Waals surface area contributed by atoms with Gasteiger partial charge in [-0.1, -0.05) is 48.3 Å². The highest BCUT2D eigenvalue weighted by atomic mass is 32.2. The number of fused-ring (bicyclic) bond motifs is 1. The van der Waals surface area contributed by atoms with Crippen molar-refractivity contribution in [2.24, 2.45) is 5.73 Å². The first kappa shape index (κ1) is 20.1. The number of aromatic nitrogens is 1. The van der Waals surface area contributed by atoms with Gasteiger partial charge in [0.2, 0.25) is 5.91 Å². The molecule has 0 fully saturated rings. The van der Waals surface area contributed by atoms with Crippen molar-refractivity contribution in [2.75, 3.05) is 6.26 Å². The van der Waals surface area contributed by atoms with Crippen LogP contribution < -0.4 is 15.2 Å². The predicted octanol–water partition coefficient (Wildman–Crippen LogP) is 4.69. The molecule has 1 aromatic heterocycles. The maximum Gasteiger partial charge on any atom is 0.235 e. The molecule has 5 nitrogen and oxygen atoms in total. The van der Waals surface area contributed by atoms with Gasteiger partial charge in [-0.3, -0.25) is 9.52 Å². The van der Waals surface area contributed by atoms with Crippen LogP contribution in [0.25, 0.3) is 16.6 Å². The minimum Gasteiger partial charge on any atom is -0.457 e. The van der Waals surface area contributed by atoms with E-state index < -0.39 is 6.04 Å². The molecule has 0 aliphatic carbocycles. The number of carbonyl (C=O) groups excluding carboxylic acids is 1. The largest absolute Gasteiger partial charge is 0.457 e. The summed E-state index contributed by atoms with van der Waals surface area (Å²) < 4.78 is 11.1. The molecule has 3 aromatic carbocycles. The van der Waals surface area contributed by atoms with Gasteiger partial charge in [0.15, 0.2) is 0 Å². The first-order valence-electron chi connectivity index (χ1n) is 9.66. The van der Waals surface area contributed by atoms with E-state index in [4.69, 9.17) is 10.5 Å². The Kier molecular flexibility index (Phi) is 6.07. The summed E-state index contributed by atoms with van der Waals surface area (Å²) in [6, 6.07) is 25.4. The average molecular weight is 418 g/mol. The number of benzene rings is 3. The summed E-state index contributed by atoms with van der Waals surface area (Å²) in [5.74, 6) is 1.22. The highest BCUT2D eigenvalue weighted by molar-refractivity contribution is 7.96. The van der Waals surface area contributed by atoms with Gasteiger partial charge in [-0.15, -0.1) is 0 Å². The lowest BCUT2D eigenvalue weighted by molar-refractivity contribution is -0.119. The van der Waals surface area contributed by atoms with Gasteiger partial charge in [0.25, 0.3) is 0 Å². The summed E-state index contributed by atoms with van der Waals surface area (Å²) in [4.78, 5) is 11.8. The number of amides is 1. The first-order valence-corrected chi connectivity index (χ1v) is 10.9. The van der Waals surface area contributed by atoms with Crippen molar-refractivity contribution in [3.63, 3.8) is 0 Å². The van der Waals surface area contributed by atoms with E-state index >= 15 is 0 Å². The molecule has 152 valence electrons. The monoisotopic (exact) mass is 417 g/mol. The maximum atomic E-state index is 11.8. The molecular formula is C24H23N3O2S. The van der Waals surface area contributed by atoms with Gasteiger partial charge >= 0.3 is 0 Å². The topological polar surface area (TPSA) is 69.3 Å². The number of nitrogens with two attached hydrogens (primary N) is 1. The summed E-state index contributed by atoms with van der Waals surface area (Å²) in [6.45, 7) is 0. The van der Waals surface area contributed by atoms with Crippen molar-refractivity contribution in [3.05, 3.63) is 90.6 Å². The Bertz CT molecular complexity index is 1140. The second-order valence-corrected chi connectivity index (χ2v) is 7.58. The molecule has 0 aliphatic heterocycles. The summed E-state index contributed by atoms with van der Waals surface area (Å²) in [6.07, 6.45) is 4.49. The molecule has 4 aromatic rings. The Hall–Kier alpha value is -3.22. The third kappa shape index (κ3) is 4.35. The zero-order chi connectivity index (χ0) is 20.9. The van der Waals surface area contributed by atoms with E-state index in [1.165, 1.54) is 11.9 Å². The van der Waals surface area contributed by atoms with Gasteiger partial charge in [0.05, 0.1) is 11.6 Å². The summed E-state index contributed by atoms with van der Waals surface area (Å²) in [5, 5.41) is 1.11. The number of nitrogens with one attached hydrogen (secondary N) is 1. The second kappa shape index (κ2) is 9.07. The zero-order valence-electron chi connectivity index (χ0n) is 16.6. The standard InChI is InChI=1S/C24H23N3O2S/c1-30-26-22(24(25)28)15-17-16-27(23-10-6-5-9-21(17)23)18-11-13-20(14-12-18)29-19-7-3-2-4-8-19/h2-14,16,22,26H,15H2,1H3,(H2,25,28). The van der Waals surface area contributed by atoms with Crippen LogP contribution in [0.3, 0.4) is 0 Å². The van der Waals surface area contributed by atoms with Crippen LogP contribution in [0, 0.1) is 0 Å². The average Bonchev–Trinajstić information content (AvgIpc) is 3.13. The highest BCUT2D eigenvalue weighted by Crippen LogP contribution is 2.28. The lowest BCUT2D eigenvalue weighted by Gasteiger charge is -2.12. The van der Waals surface area contributed by atoms with E-state index in [-0.39, 0.29) is 5.91 Å². The van der Waals surface area contributed by atoms with Crippen LogP contribution in [0.5, 0.6) is 11.5 Å². The fraction of sp³-hybridized carbons (Fsp3) is 0.125. The van der Waals surface area contributed by atoms with E-state index in [0.29, 0.717) is 6.42 Å². The van der Waals surface area contributed by atoms with E-state index in [9.17, 15) is 4.79 Å². The van der Waals surface area contributed by atoms with E-state index in [1.807, 2.05) is 73.0 Å². The molecule has 0 radical (unpaired) electrons. The molecular weight excluding hydrogens is 394 g/mol. The predicted molar refractivity (Wildman–Crippen MR) is 123 cm³/mol.